The van der Waals surface area contributed by atoms with Crippen LogP contribution in [0.2, 0.25) is 5.02 Å². The Kier molecular flexibility index (Phi) is 7.63. The van der Waals surface area contributed by atoms with Crippen molar-refractivity contribution >= 4 is 29.9 Å². The van der Waals surface area contributed by atoms with Crippen molar-refractivity contribution in [3.8, 4) is 0 Å². The summed E-state index contributed by atoms with van der Waals surface area (Å²) in [5.74, 6) is 0.224. The highest BCUT2D eigenvalue weighted by Gasteiger charge is 2.31. The number of benzene rings is 1. The zero-order valence-corrected chi connectivity index (χ0v) is 14.5. The molecular weight excluding hydrogens is 323 g/mol. The van der Waals surface area contributed by atoms with Crippen LogP contribution in [0.15, 0.2) is 24.3 Å². The molecule has 4 nitrogen and oxygen atoms in total. The molecule has 0 saturated carbocycles. The van der Waals surface area contributed by atoms with Crippen LogP contribution in [-0.2, 0) is 9.53 Å². The monoisotopic (exact) mass is 346 g/mol. The van der Waals surface area contributed by atoms with Crippen LogP contribution in [-0.4, -0.2) is 24.7 Å². The van der Waals surface area contributed by atoms with Crippen LogP contribution < -0.4 is 11.1 Å². The Morgan fingerprint density at radius 1 is 1.36 bits per heavy atom. The third-order valence-corrected chi connectivity index (χ3v) is 4.11. The number of carbonyl (C=O) groups is 1. The van der Waals surface area contributed by atoms with Crippen LogP contribution in [0.25, 0.3) is 0 Å². The molecule has 1 heterocycles. The summed E-state index contributed by atoms with van der Waals surface area (Å²) < 4.78 is 5.65. The van der Waals surface area contributed by atoms with Gasteiger partial charge in [0.2, 0.25) is 5.91 Å². The predicted octanol–water partition coefficient (Wildman–Crippen LogP) is 3.08. The lowest BCUT2D eigenvalue weighted by atomic mass is 9.95. The number of halogens is 2. The van der Waals surface area contributed by atoms with Gasteiger partial charge < -0.3 is 15.8 Å². The van der Waals surface area contributed by atoms with Gasteiger partial charge in [-0.1, -0.05) is 37.6 Å². The van der Waals surface area contributed by atoms with Crippen LogP contribution in [0.3, 0.4) is 0 Å². The topological polar surface area (TPSA) is 64.4 Å². The normalized spacial score (nSPS) is 22.2. The Bertz CT molecular complexity index is 480. The van der Waals surface area contributed by atoms with E-state index in [0.717, 1.165) is 18.4 Å². The second-order valence-electron chi connectivity index (χ2n) is 5.84. The average molecular weight is 347 g/mol. The molecule has 1 aliphatic heterocycles. The molecule has 1 aromatic rings. The second kappa shape index (κ2) is 8.73. The van der Waals surface area contributed by atoms with Gasteiger partial charge in [-0.05, 0) is 36.5 Å². The number of nitrogens with one attached hydrogen (secondary N) is 1. The number of hydrogen-bond acceptors (Lipinski definition) is 3. The van der Waals surface area contributed by atoms with Crippen LogP contribution in [0.4, 0.5) is 0 Å². The van der Waals surface area contributed by atoms with Gasteiger partial charge in [-0.2, -0.15) is 0 Å². The van der Waals surface area contributed by atoms with Crippen molar-refractivity contribution in [1.29, 1.82) is 0 Å². The van der Waals surface area contributed by atoms with E-state index >= 15 is 0 Å². The molecule has 0 radical (unpaired) electrons. The lowest BCUT2D eigenvalue weighted by Crippen LogP contribution is -2.39. The number of ether oxygens (including phenoxy) is 1. The summed E-state index contributed by atoms with van der Waals surface area (Å²) >= 11 is 5.92. The fourth-order valence-corrected chi connectivity index (χ4v) is 2.75. The molecule has 3 N–H and O–H groups in total. The van der Waals surface area contributed by atoms with Crippen molar-refractivity contribution in [3.05, 3.63) is 34.9 Å². The zero-order chi connectivity index (χ0) is 15.4. The number of carbonyl (C=O) groups excluding carboxylic acids is 1. The van der Waals surface area contributed by atoms with Crippen LogP contribution in [0, 0.1) is 5.92 Å². The highest BCUT2D eigenvalue weighted by molar-refractivity contribution is 6.30. The number of rotatable bonds is 5. The fourth-order valence-electron chi connectivity index (χ4n) is 2.62. The first-order valence-corrected chi connectivity index (χ1v) is 7.80. The lowest BCUT2D eigenvalue weighted by molar-refractivity contribution is -0.133. The van der Waals surface area contributed by atoms with Crippen LogP contribution >= 0.6 is 24.0 Å². The summed E-state index contributed by atoms with van der Waals surface area (Å²) in [6.07, 6.45) is 1.21. The smallest absolute Gasteiger partial charge is 0.249 e. The molecule has 124 valence electrons. The number of amides is 1. The van der Waals surface area contributed by atoms with Gasteiger partial charge in [0.05, 0.1) is 12.1 Å². The van der Waals surface area contributed by atoms with E-state index in [1.54, 1.807) is 0 Å². The van der Waals surface area contributed by atoms with Crippen LogP contribution in [0.5, 0.6) is 0 Å². The molecule has 1 saturated heterocycles. The summed E-state index contributed by atoms with van der Waals surface area (Å²) in [6.45, 7) is 4.63. The summed E-state index contributed by atoms with van der Waals surface area (Å²) in [7, 11) is 0. The van der Waals surface area contributed by atoms with Gasteiger partial charge in [-0.3, -0.25) is 4.79 Å². The van der Waals surface area contributed by atoms with E-state index in [-0.39, 0.29) is 42.5 Å². The Hall–Kier alpha value is -0.810. The largest absolute Gasteiger partial charge is 0.364 e. The van der Waals surface area contributed by atoms with E-state index in [1.165, 1.54) is 0 Å². The second-order valence-corrected chi connectivity index (χ2v) is 6.28. The molecular formula is C16H24Cl2N2O2. The van der Waals surface area contributed by atoms with E-state index in [9.17, 15) is 4.79 Å². The molecule has 0 spiro atoms. The Morgan fingerprint density at radius 2 is 2.00 bits per heavy atom. The average Bonchev–Trinajstić information content (AvgIpc) is 2.94. The van der Waals surface area contributed by atoms with Crippen molar-refractivity contribution < 1.29 is 9.53 Å². The summed E-state index contributed by atoms with van der Waals surface area (Å²) in [5.41, 5.74) is 6.63. The molecule has 0 bridgehead atoms. The molecule has 6 heteroatoms. The molecule has 1 aliphatic rings. The number of nitrogens with two attached hydrogens (primary N) is 1. The summed E-state index contributed by atoms with van der Waals surface area (Å²) in [5, 5.41) is 3.78. The highest BCUT2D eigenvalue weighted by Crippen LogP contribution is 2.25. The fraction of sp³-hybridized carbons (Fsp3) is 0.562. The van der Waals surface area contributed by atoms with E-state index in [2.05, 4.69) is 19.2 Å². The maximum absolute atomic E-state index is 12.4. The van der Waals surface area contributed by atoms with Gasteiger partial charge in [0.1, 0.15) is 6.10 Å². The van der Waals surface area contributed by atoms with Crippen molar-refractivity contribution in [2.75, 3.05) is 6.54 Å². The minimum atomic E-state index is -0.382. The van der Waals surface area contributed by atoms with E-state index < -0.39 is 0 Å². The van der Waals surface area contributed by atoms with E-state index in [4.69, 9.17) is 22.1 Å². The SMILES string of the molecule is CC(C)C(NC(=O)[C@@H]1CC[C@H](CN)O1)c1ccc(Cl)cc1.Cl. The molecule has 1 aromatic carbocycles. The van der Waals surface area contributed by atoms with Crippen molar-refractivity contribution in [3.63, 3.8) is 0 Å². The van der Waals surface area contributed by atoms with Crippen molar-refractivity contribution in [1.82, 2.24) is 5.32 Å². The van der Waals surface area contributed by atoms with Gasteiger partial charge >= 0.3 is 0 Å². The quantitative estimate of drug-likeness (QED) is 0.860. The summed E-state index contributed by atoms with van der Waals surface area (Å²) in [6, 6.07) is 7.54. The highest BCUT2D eigenvalue weighted by atomic mass is 35.5. The van der Waals surface area contributed by atoms with Gasteiger partial charge in [-0.15, -0.1) is 12.4 Å². The molecule has 22 heavy (non-hydrogen) atoms. The molecule has 1 unspecified atom stereocenters. The first kappa shape index (κ1) is 19.2. The van der Waals surface area contributed by atoms with Gasteiger partial charge in [-0.25, -0.2) is 0 Å². The van der Waals surface area contributed by atoms with Crippen LogP contribution in [0.1, 0.15) is 38.3 Å². The number of hydrogen-bond donors (Lipinski definition) is 2. The standard InChI is InChI=1S/C16H23ClN2O2.ClH/c1-10(2)15(11-3-5-12(17)6-4-11)19-16(20)14-8-7-13(9-18)21-14;/h3-6,10,13-15H,7-9,18H2,1-2H3,(H,19,20);1H/t13-,14+,15?;/m1./s1. The lowest BCUT2D eigenvalue weighted by Gasteiger charge is -2.24. The van der Waals surface area contributed by atoms with Gasteiger partial charge in [0.15, 0.2) is 0 Å². The molecule has 0 aliphatic carbocycles. The third-order valence-electron chi connectivity index (χ3n) is 3.86. The minimum absolute atomic E-state index is 0. The first-order chi connectivity index (χ1) is 10.0. The minimum Gasteiger partial charge on any atom is -0.364 e. The van der Waals surface area contributed by atoms with E-state index in [0.29, 0.717) is 11.6 Å². The zero-order valence-electron chi connectivity index (χ0n) is 12.9. The molecule has 1 fully saturated rings. The Morgan fingerprint density at radius 3 is 2.50 bits per heavy atom. The summed E-state index contributed by atoms with van der Waals surface area (Å²) in [4.78, 5) is 12.4. The first-order valence-electron chi connectivity index (χ1n) is 7.42. The van der Waals surface area contributed by atoms with E-state index in [1.807, 2.05) is 24.3 Å². The molecule has 2 rings (SSSR count). The van der Waals surface area contributed by atoms with Crippen molar-refractivity contribution in [2.24, 2.45) is 11.7 Å². The van der Waals surface area contributed by atoms with Gasteiger partial charge in [0, 0.05) is 11.6 Å². The Balaban J connectivity index is 0.00000242. The maximum Gasteiger partial charge on any atom is 0.249 e. The van der Waals surface area contributed by atoms with Crippen molar-refractivity contribution in [2.45, 2.75) is 44.9 Å². The molecule has 3 atom stereocenters. The third kappa shape index (κ3) is 4.85. The molecule has 0 aromatic heterocycles. The predicted molar refractivity (Wildman–Crippen MR) is 91.4 cm³/mol. The van der Waals surface area contributed by atoms with Gasteiger partial charge in [0.25, 0.3) is 0 Å². The molecule has 1 amide bonds. The maximum atomic E-state index is 12.4. The Labute approximate surface area is 143 Å².